The first-order valence-corrected chi connectivity index (χ1v) is 4.03. The molecule has 0 unspecified atom stereocenters. The molecule has 0 bridgehead atoms. The Balaban J connectivity index is 3.32. The Bertz CT molecular complexity index is 161. The molecule has 0 saturated heterocycles. The normalized spacial score (nSPS) is 10.2. The maximum Gasteiger partial charge on any atom is 0.331 e. The highest BCUT2D eigenvalue weighted by Crippen LogP contribution is 1.99. The number of carboxylic acid groups (broad SMARTS) is 1. The van der Waals surface area contributed by atoms with Crippen molar-refractivity contribution in [1.82, 2.24) is 0 Å². The summed E-state index contributed by atoms with van der Waals surface area (Å²) in [7, 11) is 0. The van der Waals surface area contributed by atoms with Gasteiger partial charge in [-0.1, -0.05) is 20.4 Å². The predicted octanol–water partition coefficient (Wildman–Crippen LogP) is 1.69. The van der Waals surface area contributed by atoms with Crippen molar-refractivity contribution in [2.45, 2.75) is 20.3 Å². The van der Waals surface area contributed by atoms with Crippen molar-refractivity contribution in [3.05, 3.63) is 12.2 Å². The molecule has 0 atom stereocenters. The maximum atomic E-state index is 10.3. The zero-order valence-electron chi connectivity index (χ0n) is 7.67. The summed E-state index contributed by atoms with van der Waals surface area (Å²) in [6.45, 7) is 8.61. The summed E-state index contributed by atoms with van der Waals surface area (Å²) in [5, 5.41) is 8.44. The smallest absolute Gasteiger partial charge is 0.331 e. The van der Waals surface area contributed by atoms with E-state index in [9.17, 15) is 4.79 Å². The van der Waals surface area contributed by atoms with Gasteiger partial charge in [-0.2, -0.15) is 0 Å². The molecule has 0 heterocycles. The highest BCUT2D eigenvalue weighted by Gasteiger charge is 2.03. The fourth-order valence-corrected chi connectivity index (χ4v) is 0.621. The Hall–Kier alpha value is -0.830. The molecule has 0 aliphatic rings. The van der Waals surface area contributed by atoms with E-state index in [0.717, 1.165) is 0 Å². The second-order valence-electron chi connectivity index (χ2n) is 3.13. The van der Waals surface area contributed by atoms with Crippen molar-refractivity contribution in [2.24, 2.45) is 5.92 Å². The van der Waals surface area contributed by atoms with Gasteiger partial charge >= 0.3 is 5.97 Å². The van der Waals surface area contributed by atoms with Gasteiger partial charge in [-0.3, -0.25) is 0 Å². The zero-order chi connectivity index (χ0) is 9.56. The van der Waals surface area contributed by atoms with Crippen LogP contribution in [0.1, 0.15) is 20.3 Å². The van der Waals surface area contributed by atoms with E-state index in [4.69, 9.17) is 9.84 Å². The molecular formula is C9H16O3. The van der Waals surface area contributed by atoms with Crippen LogP contribution in [-0.2, 0) is 9.53 Å². The van der Waals surface area contributed by atoms with Gasteiger partial charge in [0, 0.05) is 18.6 Å². The summed E-state index contributed by atoms with van der Waals surface area (Å²) in [5.74, 6) is -0.453. The molecule has 1 N–H and O–H groups in total. The lowest BCUT2D eigenvalue weighted by Crippen LogP contribution is -2.06. The van der Waals surface area contributed by atoms with E-state index >= 15 is 0 Å². The van der Waals surface area contributed by atoms with Crippen LogP contribution in [-0.4, -0.2) is 24.3 Å². The molecule has 3 heteroatoms. The molecule has 0 aromatic carbocycles. The standard InChI is InChI=1S/C9H16O3/c1-7(2)6-12-5-4-8(3)9(10)11/h7H,3-6H2,1-2H3,(H,10,11). The van der Waals surface area contributed by atoms with Crippen LogP contribution < -0.4 is 0 Å². The second-order valence-corrected chi connectivity index (χ2v) is 3.13. The SMILES string of the molecule is C=C(CCOCC(C)C)C(=O)O. The lowest BCUT2D eigenvalue weighted by Gasteiger charge is -2.05. The van der Waals surface area contributed by atoms with Gasteiger partial charge < -0.3 is 9.84 Å². The molecule has 0 spiro atoms. The molecule has 0 aromatic rings. The van der Waals surface area contributed by atoms with Crippen molar-refractivity contribution in [3.63, 3.8) is 0 Å². The van der Waals surface area contributed by atoms with Crippen molar-refractivity contribution in [2.75, 3.05) is 13.2 Å². The molecule has 0 aromatic heterocycles. The Kier molecular flexibility index (Phi) is 5.37. The van der Waals surface area contributed by atoms with Crippen LogP contribution in [0.25, 0.3) is 0 Å². The first-order chi connectivity index (χ1) is 5.54. The maximum absolute atomic E-state index is 10.3. The van der Waals surface area contributed by atoms with Gasteiger partial charge in [0.25, 0.3) is 0 Å². The molecule has 0 fully saturated rings. The van der Waals surface area contributed by atoms with Gasteiger partial charge in [0.1, 0.15) is 0 Å². The van der Waals surface area contributed by atoms with Crippen molar-refractivity contribution in [3.8, 4) is 0 Å². The van der Waals surface area contributed by atoms with Gasteiger partial charge in [-0.15, -0.1) is 0 Å². The zero-order valence-corrected chi connectivity index (χ0v) is 7.67. The van der Waals surface area contributed by atoms with E-state index in [1.54, 1.807) is 0 Å². The van der Waals surface area contributed by atoms with Gasteiger partial charge in [-0.25, -0.2) is 4.79 Å². The van der Waals surface area contributed by atoms with Crippen LogP contribution in [0.5, 0.6) is 0 Å². The Labute approximate surface area is 73.0 Å². The van der Waals surface area contributed by atoms with E-state index in [0.29, 0.717) is 25.6 Å². The minimum absolute atomic E-state index is 0.207. The van der Waals surface area contributed by atoms with Crippen molar-refractivity contribution >= 4 is 5.97 Å². The molecule has 0 saturated carbocycles. The molecule has 0 radical (unpaired) electrons. The van der Waals surface area contributed by atoms with Crippen LogP contribution in [0.4, 0.5) is 0 Å². The van der Waals surface area contributed by atoms with Gasteiger partial charge in [-0.05, 0) is 5.92 Å². The van der Waals surface area contributed by atoms with E-state index in [1.165, 1.54) is 0 Å². The molecule has 0 amide bonds. The Morgan fingerprint density at radius 1 is 1.58 bits per heavy atom. The fourth-order valence-electron chi connectivity index (χ4n) is 0.621. The second kappa shape index (κ2) is 5.77. The van der Waals surface area contributed by atoms with Crippen LogP contribution in [0.15, 0.2) is 12.2 Å². The number of hydrogen-bond acceptors (Lipinski definition) is 2. The summed E-state index contributed by atoms with van der Waals surface area (Å²) < 4.78 is 5.19. The minimum Gasteiger partial charge on any atom is -0.478 e. The topological polar surface area (TPSA) is 46.5 Å². The first-order valence-electron chi connectivity index (χ1n) is 4.03. The summed E-state index contributed by atoms with van der Waals surface area (Å²) in [4.78, 5) is 10.3. The number of ether oxygens (including phenoxy) is 1. The number of aliphatic carboxylic acids is 1. The third kappa shape index (κ3) is 5.92. The largest absolute Gasteiger partial charge is 0.478 e. The van der Waals surface area contributed by atoms with Crippen LogP contribution in [0.2, 0.25) is 0 Å². The average molecular weight is 172 g/mol. The van der Waals surface area contributed by atoms with E-state index < -0.39 is 5.97 Å². The number of rotatable bonds is 6. The summed E-state index contributed by atoms with van der Waals surface area (Å²) in [6, 6.07) is 0. The third-order valence-electron chi connectivity index (χ3n) is 1.30. The fraction of sp³-hybridized carbons (Fsp3) is 0.667. The van der Waals surface area contributed by atoms with E-state index in [2.05, 4.69) is 6.58 Å². The molecular weight excluding hydrogens is 156 g/mol. The van der Waals surface area contributed by atoms with Crippen LogP contribution >= 0.6 is 0 Å². The van der Waals surface area contributed by atoms with Crippen LogP contribution in [0.3, 0.4) is 0 Å². The van der Waals surface area contributed by atoms with E-state index in [-0.39, 0.29) is 5.57 Å². The summed E-state index contributed by atoms with van der Waals surface area (Å²) in [6.07, 6.45) is 0.405. The van der Waals surface area contributed by atoms with Gasteiger partial charge in [0.15, 0.2) is 0 Å². The molecule has 12 heavy (non-hydrogen) atoms. The monoisotopic (exact) mass is 172 g/mol. The number of carbonyl (C=O) groups is 1. The van der Waals surface area contributed by atoms with E-state index in [1.807, 2.05) is 13.8 Å². The number of hydrogen-bond donors (Lipinski definition) is 1. The van der Waals surface area contributed by atoms with Crippen molar-refractivity contribution < 1.29 is 14.6 Å². The Morgan fingerprint density at radius 3 is 2.58 bits per heavy atom. The Morgan fingerprint density at radius 2 is 2.17 bits per heavy atom. The van der Waals surface area contributed by atoms with Gasteiger partial charge in [0.05, 0.1) is 6.61 Å². The average Bonchev–Trinajstić information content (AvgIpc) is 1.97. The highest BCUT2D eigenvalue weighted by atomic mass is 16.5. The molecule has 0 aliphatic carbocycles. The van der Waals surface area contributed by atoms with Gasteiger partial charge in [0.2, 0.25) is 0 Å². The lowest BCUT2D eigenvalue weighted by atomic mass is 10.2. The highest BCUT2D eigenvalue weighted by molar-refractivity contribution is 5.85. The molecule has 0 rings (SSSR count). The molecule has 0 aliphatic heterocycles. The quantitative estimate of drug-likeness (QED) is 0.490. The summed E-state index contributed by atoms with van der Waals surface area (Å²) >= 11 is 0. The first kappa shape index (κ1) is 11.2. The van der Waals surface area contributed by atoms with Crippen molar-refractivity contribution in [1.29, 1.82) is 0 Å². The predicted molar refractivity (Wildman–Crippen MR) is 47.0 cm³/mol. The lowest BCUT2D eigenvalue weighted by molar-refractivity contribution is -0.132. The minimum atomic E-state index is -0.942. The molecule has 70 valence electrons. The number of carboxylic acids is 1. The molecule has 3 nitrogen and oxygen atoms in total. The summed E-state index contributed by atoms with van der Waals surface area (Å²) in [5.41, 5.74) is 0.207. The van der Waals surface area contributed by atoms with Crippen LogP contribution in [0, 0.1) is 5.92 Å². The third-order valence-corrected chi connectivity index (χ3v) is 1.30.